The van der Waals surface area contributed by atoms with Gasteiger partial charge in [0.15, 0.2) is 5.01 Å². The van der Waals surface area contributed by atoms with Gasteiger partial charge in [-0.15, -0.1) is 22.7 Å². The Bertz CT molecular complexity index is 992. The fourth-order valence-electron chi connectivity index (χ4n) is 3.26. The maximum atomic E-state index is 12.8. The minimum absolute atomic E-state index is 0.299. The smallest absolute Gasteiger partial charge is 0.341 e. The van der Waals surface area contributed by atoms with Crippen LogP contribution >= 0.6 is 22.7 Å². The quantitative estimate of drug-likeness (QED) is 0.674. The lowest BCUT2D eigenvalue weighted by Crippen LogP contribution is -2.29. The molecule has 1 aliphatic heterocycles. The second-order valence-corrected chi connectivity index (χ2v) is 8.39. The predicted molar refractivity (Wildman–Crippen MR) is 108 cm³/mol. The maximum absolute atomic E-state index is 12.8. The lowest BCUT2D eigenvalue weighted by Gasteiger charge is -2.25. The van der Waals surface area contributed by atoms with Crippen molar-refractivity contribution in [3.8, 4) is 0 Å². The van der Waals surface area contributed by atoms with E-state index in [2.05, 4.69) is 22.1 Å². The number of thiazole rings is 1. The first-order valence-corrected chi connectivity index (χ1v) is 10.4. The Hall–Kier alpha value is -2.29. The molecule has 0 saturated heterocycles. The molecule has 140 valence electrons. The van der Waals surface area contributed by atoms with Crippen LogP contribution < -0.4 is 5.32 Å². The number of para-hydroxylation sites is 1. The first-order valence-electron chi connectivity index (χ1n) is 8.72. The average Bonchev–Trinajstić information content (AvgIpc) is 3.27. The van der Waals surface area contributed by atoms with Crippen LogP contribution in [0.3, 0.4) is 0 Å². The van der Waals surface area contributed by atoms with Crippen molar-refractivity contribution in [2.24, 2.45) is 0 Å². The van der Waals surface area contributed by atoms with Gasteiger partial charge in [0, 0.05) is 18.0 Å². The lowest BCUT2D eigenvalue weighted by atomic mass is 10.0. The minimum atomic E-state index is -0.406. The molecule has 0 atom stereocenters. The molecule has 0 spiro atoms. The van der Waals surface area contributed by atoms with E-state index in [4.69, 9.17) is 4.74 Å². The van der Waals surface area contributed by atoms with E-state index in [-0.39, 0.29) is 5.91 Å². The van der Waals surface area contributed by atoms with Gasteiger partial charge in [-0.1, -0.05) is 19.1 Å². The minimum Gasteiger partial charge on any atom is -0.465 e. The summed E-state index contributed by atoms with van der Waals surface area (Å²) < 4.78 is 5.94. The maximum Gasteiger partial charge on any atom is 0.341 e. The highest BCUT2D eigenvalue weighted by molar-refractivity contribution is 7.20. The monoisotopic (exact) mass is 401 g/mol. The summed E-state index contributed by atoms with van der Waals surface area (Å²) in [5, 5.41) is 3.83. The van der Waals surface area contributed by atoms with E-state index in [0.717, 1.165) is 46.7 Å². The molecule has 4 rings (SSSR count). The van der Waals surface area contributed by atoms with Crippen molar-refractivity contribution in [2.75, 3.05) is 25.5 Å². The van der Waals surface area contributed by atoms with Crippen molar-refractivity contribution < 1.29 is 14.3 Å². The number of benzene rings is 1. The largest absolute Gasteiger partial charge is 0.465 e. The molecule has 0 bridgehead atoms. The summed E-state index contributed by atoms with van der Waals surface area (Å²) in [7, 11) is 1.37. The number of amides is 1. The molecule has 27 heavy (non-hydrogen) atoms. The van der Waals surface area contributed by atoms with Crippen molar-refractivity contribution in [3.63, 3.8) is 0 Å². The van der Waals surface area contributed by atoms with Crippen LogP contribution in [-0.2, 0) is 17.7 Å². The fourth-order valence-corrected chi connectivity index (χ4v) is 5.39. The van der Waals surface area contributed by atoms with Gasteiger partial charge in [-0.25, -0.2) is 9.78 Å². The third-order valence-electron chi connectivity index (χ3n) is 4.69. The van der Waals surface area contributed by atoms with Crippen LogP contribution in [0.25, 0.3) is 10.2 Å². The van der Waals surface area contributed by atoms with E-state index in [1.807, 2.05) is 24.3 Å². The molecule has 3 aromatic rings. The van der Waals surface area contributed by atoms with Crippen LogP contribution in [0.2, 0.25) is 0 Å². The Balaban J connectivity index is 1.67. The van der Waals surface area contributed by atoms with E-state index < -0.39 is 5.97 Å². The average molecular weight is 402 g/mol. The number of nitrogens with zero attached hydrogens (tertiary/aromatic N) is 2. The van der Waals surface area contributed by atoms with Gasteiger partial charge in [-0.2, -0.15) is 0 Å². The Kier molecular flexibility index (Phi) is 4.94. The molecule has 2 aromatic heterocycles. The molecule has 8 heteroatoms. The van der Waals surface area contributed by atoms with Crippen LogP contribution in [0.5, 0.6) is 0 Å². The van der Waals surface area contributed by atoms with Crippen LogP contribution in [-0.4, -0.2) is 42.0 Å². The zero-order valence-electron chi connectivity index (χ0n) is 15.1. The van der Waals surface area contributed by atoms with E-state index in [0.29, 0.717) is 15.6 Å². The van der Waals surface area contributed by atoms with Crippen molar-refractivity contribution >= 4 is 49.8 Å². The number of esters is 1. The number of hydrogen-bond acceptors (Lipinski definition) is 7. The van der Waals surface area contributed by atoms with Crippen molar-refractivity contribution in [1.82, 2.24) is 9.88 Å². The van der Waals surface area contributed by atoms with Gasteiger partial charge >= 0.3 is 5.97 Å². The molecule has 0 aliphatic carbocycles. The number of rotatable bonds is 4. The molecule has 6 nitrogen and oxygen atoms in total. The zero-order chi connectivity index (χ0) is 19.0. The summed E-state index contributed by atoms with van der Waals surface area (Å²) in [6.45, 7) is 4.76. The van der Waals surface area contributed by atoms with E-state index in [9.17, 15) is 9.59 Å². The standard InChI is InChI=1S/C19H19N3O3S2/c1-3-22-9-8-11-14(10-22)27-17(15(11)19(24)25-2)21-16(23)18-20-12-6-4-5-7-13(12)26-18/h4-7H,3,8-10H2,1-2H3,(H,21,23). The molecule has 1 aromatic carbocycles. The number of likely N-dealkylation sites (N-methyl/N-ethyl adjacent to an activating group) is 1. The Morgan fingerprint density at radius 3 is 2.85 bits per heavy atom. The molecule has 1 amide bonds. The van der Waals surface area contributed by atoms with Crippen molar-refractivity contribution in [1.29, 1.82) is 0 Å². The second kappa shape index (κ2) is 7.38. The van der Waals surface area contributed by atoms with Gasteiger partial charge in [0.25, 0.3) is 5.91 Å². The number of carbonyl (C=O) groups excluding carboxylic acids is 2. The fraction of sp³-hybridized carbons (Fsp3) is 0.316. The van der Waals surface area contributed by atoms with Crippen molar-refractivity contribution in [2.45, 2.75) is 19.9 Å². The molecule has 0 radical (unpaired) electrons. The molecular formula is C19H19N3O3S2. The third kappa shape index (κ3) is 3.36. The number of aromatic nitrogens is 1. The van der Waals surface area contributed by atoms with E-state index >= 15 is 0 Å². The Morgan fingerprint density at radius 1 is 1.30 bits per heavy atom. The van der Waals surface area contributed by atoms with Gasteiger partial charge in [-0.05, 0) is 30.7 Å². The predicted octanol–water partition coefficient (Wildman–Crippen LogP) is 3.77. The number of thiophene rings is 1. The summed E-state index contributed by atoms with van der Waals surface area (Å²) in [6, 6.07) is 7.63. The van der Waals surface area contributed by atoms with E-state index in [1.54, 1.807) is 0 Å². The highest BCUT2D eigenvalue weighted by Gasteiger charge is 2.29. The number of hydrogen-bond donors (Lipinski definition) is 1. The molecule has 3 heterocycles. The zero-order valence-corrected chi connectivity index (χ0v) is 16.7. The number of methoxy groups -OCH3 is 1. The molecule has 0 saturated carbocycles. The number of ether oxygens (including phenoxy) is 1. The lowest BCUT2D eigenvalue weighted by molar-refractivity contribution is 0.0600. The van der Waals surface area contributed by atoms with Gasteiger partial charge in [0.1, 0.15) is 5.00 Å². The van der Waals surface area contributed by atoms with E-state index in [1.165, 1.54) is 29.8 Å². The Morgan fingerprint density at radius 2 is 2.11 bits per heavy atom. The van der Waals surface area contributed by atoms with Gasteiger partial charge in [-0.3, -0.25) is 9.69 Å². The van der Waals surface area contributed by atoms with Crippen LogP contribution in [0.15, 0.2) is 24.3 Å². The molecular weight excluding hydrogens is 382 g/mol. The third-order valence-corrected chi connectivity index (χ3v) is 6.86. The highest BCUT2D eigenvalue weighted by Crippen LogP contribution is 2.38. The molecule has 0 unspecified atom stereocenters. The summed E-state index contributed by atoms with van der Waals surface area (Å²) >= 11 is 2.80. The first-order chi connectivity index (χ1) is 13.1. The second-order valence-electron chi connectivity index (χ2n) is 6.26. The molecule has 1 aliphatic rings. The SMILES string of the molecule is CCN1CCc2c(sc(NC(=O)c3nc4ccccc4s3)c2C(=O)OC)C1. The number of anilines is 1. The summed E-state index contributed by atoms with van der Waals surface area (Å²) in [5.41, 5.74) is 2.28. The van der Waals surface area contributed by atoms with Crippen LogP contribution in [0.1, 0.15) is 37.5 Å². The first kappa shape index (κ1) is 18.1. The molecule has 0 fully saturated rings. The Labute approximate surface area is 164 Å². The normalized spacial score (nSPS) is 14.1. The highest BCUT2D eigenvalue weighted by atomic mass is 32.1. The number of nitrogens with one attached hydrogen (secondary N) is 1. The summed E-state index contributed by atoms with van der Waals surface area (Å²) in [4.78, 5) is 33.0. The van der Waals surface area contributed by atoms with Gasteiger partial charge < -0.3 is 10.1 Å². The molecule has 1 N–H and O–H groups in total. The summed E-state index contributed by atoms with van der Waals surface area (Å²) in [6.07, 6.45) is 0.779. The van der Waals surface area contributed by atoms with Gasteiger partial charge in [0.05, 0.1) is 22.9 Å². The van der Waals surface area contributed by atoms with Gasteiger partial charge in [0.2, 0.25) is 0 Å². The number of carbonyl (C=O) groups is 2. The summed E-state index contributed by atoms with van der Waals surface area (Å²) in [5.74, 6) is -0.704. The topological polar surface area (TPSA) is 71.5 Å². The number of fused-ring (bicyclic) bond motifs is 2. The van der Waals surface area contributed by atoms with Crippen LogP contribution in [0, 0.1) is 0 Å². The van der Waals surface area contributed by atoms with Crippen molar-refractivity contribution in [3.05, 3.63) is 45.3 Å². The van der Waals surface area contributed by atoms with Crippen LogP contribution in [0.4, 0.5) is 5.00 Å².